The van der Waals surface area contributed by atoms with Crippen LogP contribution in [0.5, 0.6) is 0 Å². The van der Waals surface area contributed by atoms with Crippen LogP contribution in [0.2, 0.25) is 0 Å². The molecule has 1 heterocycles. The van der Waals surface area contributed by atoms with Crippen molar-refractivity contribution < 1.29 is 4.79 Å². The third kappa shape index (κ3) is 1.27. The third-order valence-electron chi connectivity index (χ3n) is 1.72. The van der Waals surface area contributed by atoms with Crippen LogP contribution < -0.4 is 0 Å². The van der Waals surface area contributed by atoms with Crippen LogP contribution in [-0.2, 0) is 4.79 Å². The predicted molar refractivity (Wildman–Crippen MR) is 35.7 cm³/mol. The molecule has 0 aromatic carbocycles. The first-order valence-electron chi connectivity index (χ1n) is 3.24. The molecular weight excluding hydrogens is 128 g/mol. The van der Waals surface area contributed by atoms with E-state index < -0.39 is 0 Å². The van der Waals surface area contributed by atoms with Crippen LogP contribution in [-0.4, -0.2) is 23.9 Å². The van der Waals surface area contributed by atoms with E-state index in [0.29, 0.717) is 13.1 Å². The van der Waals surface area contributed by atoms with Crippen molar-refractivity contribution in [1.29, 1.82) is 5.26 Å². The van der Waals surface area contributed by atoms with Gasteiger partial charge in [0.2, 0.25) is 5.91 Å². The molecule has 1 aliphatic rings. The zero-order valence-corrected chi connectivity index (χ0v) is 5.71. The lowest BCUT2D eigenvalue weighted by Crippen LogP contribution is -2.25. The van der Waals surface area contributed by atoms with E-state index in [1.54, 1.807) is 4.90 Å². The summed E-state index contributed by atoms with van der Waals surface area (Å²) in [5.74, 6) is -0.136. The second-order valence-corrected chi connectivity index (χ2v) is 2.45. The van der Waals surface area contributed by atoms with Gasteiger partial charge in [0.15, 0.2) is 0 Å². The molecule has 0 bridgehead atoms. The Morgan fingerprint density at radius 2 is 2.50 bits per heavy atom. The number of nitrogens with zero attached hydrogens (tertiary/aromatic N) is 2. The summed E-state index contributed by atoms with van der Waals surface area (Å²) in [5, 5.41) is 8.46. The standard InChI is InChI=1S/C7H9N2O/c1-6(10)9-3-2-7(4-8)5-9/h7H,1-3,5H2. The summed E-state index contributed by atoms with van der Waals surface area (Å²) in [6.45, 7) is 4.53. The Morgan fingerprint density at radius 3 is 2.80 bits per heavy atom. The van der Waals surface area contributed by atoms with Gasteiger partial charge in [-0.05, 0) is 6.42 Å². The predicted octanol–water partition coefficient (Wildman–Crippen LogP) is 0.193. The molecule has 3 nitrogen and oxygen atoms in total. The summed E-state index contributed by atoms with van der Waals surface area (Å²) in [6, 6.07) is 2.13. The average Bonchev–Trinajstić information content (AvgIpc) is 2.34. The van der Waals surface area contributed by atoms with Crippen LogP contribution >= 0.6 is 0 Å². The Bertz CT molecular complexity index is 183. The highest BCUT2D eigenvalue weighted by atomic mass is 16.2. The fourth-order valence-corrected chi connectivity index (χ4v) is 1.09. The number of rotatable bonds is 0. The molecule has 0 aliphatic carbocycles. The Hall–Kier alpha value is -1.04. The zero-order valence-electron chi connectivity index (χ0n) is 5.71. The first-order valence-corrected chi connectivity index (χ1v) is 3.24. The van der Waals surface area contributed by atoms with Crippen molar-refractivity contribution >= 4 is 5.91 Å². The minimum Gasteiger partial charge on any atom is -0.341 e. The minimum atomic E-state index is -0.169. The maximum atomic E-state index is 10.6. The number of hydrogen-bond donors (Lipinski definition) is 0. The number of carbonyl (C=O) groups is 1. The van der Waals surface area contributed by atoms with Gasteiger partial charge in [0, 0.05) is 20.0 Å². The largest absolute Gasteiger partial charge is 0.341 e. The summed E-state index contributed by atoms with van der Waals surface area (Å²) >= 11 is 0. The Morgan fingerprint density at radius 1 is 1.80 bits per heavy atom. The van der Waals surface area contributed by atoms with Gasteiger partial charge >= 0.3 is 0 Å². The molecule has 1 fully saturated rings. The van der Waals surface area contributed by atoms with Gasteiger partial charge in [0.1, 0.15) is 0 Å². The van der Waals surface area contributed by atoms with Crippen LogP contribution in [0.25, 0.3) is 0 Å². The average molecular weight is 137 g/mol. The highest BCUT2D eigenvalue weighted by molar-refractivity contribution is 5.80. The molecule has 1 amide bonds. The summed E-state index contributed by atoms with van der Waals surface area (Å²) in [6.07, 6.45) is 0.803. The van der Waals surface area contributed by atoms with Gasteiger partial charge in [-0.1, -0.05) is 0 Å². The normalized spacial score (nSPS) is 24.4. The summed E-state index contributed by atoms with van der Waals surface area (Å²) in [7, 11) is 0. The molecule has 1 saturated heterocycles. The van der Waals surface area contributed by atoms with Crippen LogP contribution in [0.3, 0.4) is 0 Å². The van der Waals surface area contributed by atoms with Crippen molar-refractivity contribution in [3.63, 3.8) is 0 Å². The molecule has 0 spiro atoms. The van der Waals surface area contributed by atoms with Gasteiger partial charge in [-0.25, -0.2) is 0 Å². The monoisotopic (exact) mass is 137 g/mol. The molecule has 1 atom stereocenters. The molecule has 10 heavy (non-hydrogen) atoms. The van der Waals surface area contributed by atoms with E-state index in [1.165, 1.54) is 0 Å². The molecule has 0 aromatic rings. The van der Waals surface area contributed by atoms with Crippen molar-refractivity contribution in [3.8, 4) is 6.07 Å². The van der Waals surface area contributed by atoms with Gasteiger partial charge < -0.3 is 4.90 Å². The molecule has 0 N–H and O–H groups in total. The summed E-state index contributed by atoms with van der Waals surface area (Å²) in [5.41, 5.74) is 0. The van der Waals surface area contributed by atoms with Crippen LogP contribution in [0.15, 0.2) is 0 Å². The van der Waals surface area contributed by atoms with Crippen LogP contribution in [0.4, 0.5) is 0 Å². The topological polar surface area (TPSA) is 44.1 Å². The van der Waals surface area contributed by atoms with Gasteiger partial charge in [-0.15, -0.1) is 0 Å². The van der Waals surface area contributed by atoms with Crippen molar-refractivity contribution in [1.82, 2.24) is 4.90 Å². The highest BCUT2D eigenvalue weighted by Gasteiger charge is 2.23. The van der Waals surface area contributed by atoms with Gasteiger partial charge in [0.25, 0.3) is 0 Å². The number of carbonyl (C=O) groups excluding carboxylic acids is 1. The second kappa shape index (κ2) is 2.70. The number of nitriles is 1. The maximum absolute atomic E-state index is 10.6. The molecule has 3 heteroatoms. The van der Waals surface area contributed by atoms with E-state index in [4.69, 9.17) is 5.26 Å². The fraction of sp³-hybridized carbons (Fsp3) is 0.571. The van der Waals surface area contributed by atoms with E-state index in [0.717, 1.165) is 6.42 Å². The summed E-state index contributed by atoms with van der Waals surface area (Å²) in [4.78, 5) is 12.2. The molecule has 0 saturated carbocycles. The SMILES string of the molecule is [CH2]C(=O)N1CCC(C#N)C1. The van der Waals surface area contributed by atoms with E-state index in [-0.39, 0.29) is 11.8 Å². The molecule has 1 radical (unpaired) electrons. The first kappa shape index (κ1) is 7.07. The summed E-state index contributed by atoms with van der Waals surface area (Å²) < 4.78 is 0. The lowest BCUT2D eigenvalue weighted by Gasteiger charge is -2.10. The molecular formula is C7H9N2O. The van der Waals surface area contributed by atoms with Gasteiger partial charge in [-0.2, -0.15) is 5.26 Å². The fourth-order valence-electron chi connectivity index (χ4n) is 1.09. The zero-order chi connectivity index (χ0) is 7.56. The molecule has 1 aliphatic heterocycles. The van der Waals surface area contributed by atoms with Crippen molar-refractivity contribution in [2.24, 2.45) is 5.92 Å². The van der Waals surface area contributed by atoms with E-state index in [9.17, 15) is 4.79 Å². The van der Waals surface area contributed by atoms with Crippen molar-refractivity contribution in [2.75, 3.05) is 13.1 Å². The maximum Gasteiger partial charge on any atom is 0.223 e. The molecule has 1 rings (SSSR count). The third-order valence-corrected chi connectivity index (χ3v) is 1.72. The van der Waals surface area contributed by atoms with Gasteiger partial charge in [0.05, 0.1) is 12.0 Å². The molecule has 53 valence electrons. The Kier molecular flexibility index (Phi) is 1.91. The molecule has 0 aromatic heterocycles. The van der Waals surface area contributed by atoms with E-state index in [2.05, 4.69) is 13.0 Å². The van der Waals surface area contributed by atoms with Crippen molar-refractivity contribution in [2.45, 2.75) is 6.42 Å². The lowest BCUT2D eigenvalue weighted by molar-refractivity contribution is -0.125. The quantitative estimate of drug-likeness (QED) is 0.478. The number of amides is 1. The van der Waals surface area contributed by atoms with Crippen LogP contribution in [0, 0.1) is 24.2 Å². The van der Waals surface area contributed by atoms with E-state index in [1.807, 2.05) is 0 Å². The number of likely N-dealkylation sites (tertiary alicyclic amines) is 1. The highest BCUT2D eigenvalue weighted by Crippen LogP contribution is 2.14. The molecule has 1 unspecified atom stereocenters. The van der Waals surface area contributed by atoms with Crippen molar-refractivity contribution in [3.05, 3.63) is 6.92 Å². The first-order chi connectivity index (χ1) is 4.74. The smallest absolute Gasteiger partial charge is 0.223 e. The van der Waals surface area contributed by atoms with E-state index >= 15 is 0 Å². The Labute approximate surface area is 60.2 Å². The second-order valence-electron chi connectivity index (χ2n) is 2.45. The van der Waals surface area contributed by atoms with Gasteiger partial charge in [-0.3, -0.25) is 4.79 Å². The Balaban J connectivity index is 2.45. The van der Waals surface area contributed by atoms with Crippen LogP contribution in [0.1, 0.15) is 6.42 Å². The lowest BCUT2D eigenvalue weighted by atomic mass is 10.1. The number of hydrogen-bond acceptors (Lipinski definition) is 2. The minimum absolute atomic E-state index is 0.0331.